The van der Waals surface area contributed by atoms with Gasteiger partial charge in [0.15, 0.2) is 0 Å². The molecule has 0 bridgehead atoms. The van der Waals surface area contributed by atoms with Crippen molar-refractivity contribution in [3.63, 3.8) is 0 Å². The quantitative estimate of drug-likeness (QED) is 0.295. The highest BCUT2D eigenvalue weighted by molar-refractivity contribution is 7.89. The van der Waals surface area contributed by atoms with Crippen molar-refractivity contribution in [1.82, 2.24) is 24.9 Å². The first-order valence-electron chi connectivity index (χ1n) is 9.26. The van der Waals surface area contributed by atoms with Gasteiger partial charge in [0.25, 0.3) is 0 Å². The van der Waals surface area contributed by atoms with Crippen molar-refractivity contribution < 1.29 is 13.5 Å². The minimum atomic E-state index is -3.38. The maximum absolute atomic E-state index is 11.8. The van der Waals surface area contributed by atoms with Gasteiger partial charge < -0.3 is 15.8 Å². The van der Waals surface area contributed by atoms with Crippen molar-refractivity contribution in [3.05, 3.63) is 42.2 Å². The maximum atomic E-state index is 11.8. The number of nitrogens with one attached hydrogen (secondary N) is 3. The Labute approximate surface area is 167 Å². The summed E-state index contributed by atoms with van der Waals surface area (Å²) in [4.78, 5) is 7.87. The molecule has 4 rings (SSSR count). The first kappa shape index (κ1) is 19.4. The van der Waals surface area contributed by atoms with Crippen molar-refractivity contribution in [2.45, 2.75) is 12.8 Å². The second-order valence-corrected chi connectivity index (χ2v) is 8.74. The Kier molecular flexibility index (Phi) is 5.22. The number of H-pyrrole nitrogens is 2. The number of fused-ring (bicyclic) bond motifs is 3. The Hall–Kier alpha value is -2.95. The summed E-state index contributed by atoms with van der Waals surface area (Å²) >= 11 is 0. The van der Waals surface area contributed by atoms with E-state index in [1.807, 2.05) is 30.3 Å². The van der Waals surface area contributed by atoms with Crippen LogP contribution in [0.1, 0.15) is 12.1 Å². The van der Waals surface area contributed by atoms with Crippen molar-refractivity contribution in [2.75, 3.05) is 24.6 Å². The van der Waals surface area contributed by atoms with E-state index in [-0.39, 0.29) is 25.3 Å². The molecule has 0 aliphatic rings. The Morgan fingerprint density at radius 2 is 2.03 bits per heavy atom. The zero-order chi connectivity index (χ0) is 20.4. The van der Waals surface area contributed by atoms with Crippen LogP contribution in [0.2, 0.25) is 0 Å². The lowest BCUT2D eigenvalue weighted by Crippen LogP contribution is -2.28. The molecule has 0 saturated carbocycles. The molecule has 0 spiro atoms. The van der Waals surface area contributed by atoms with Crippen LogP contribution >= 0.6 is 0 Å². The molecular formula is C19H22N6O3S. The molecule has 0 aliphatic heterocycles. The fourth-order valence-electron chi connectivity index (χ4n) is 3.33. The van der Waals surface area contributed by atoms with Crippen molar-refractivity contribution in [2.24, 2.45) is 0 Å². The number of sulfonamides is 1. The number of aromatic nitrogens is 4. The Bertz CT molecular complexity index is 1250. The Morgan fingerprint density at radius 1 is 1.17 bits per heavy atom. The normalized spacial score (nSPS) is 12.2. The van der Waals surface area contributed by atoms with Gasteiger partial charge in [0, 0.05) is 47.8 Å². The van der Waals surface area contributed by atoms with Gasteiger partial charge in [0.1, 0.15) is 5.82 Å². The summed E-state index contributed by atoms with van der Waals surface area (Å²) in [6.45, 7) is 0.110. The molecule has 0 aliphatic carbocycles. The van der Waals surface area contributed by atoms with Gasteiger partial charge >= 0.3 is 0 Å². The number of nitrogen functional groups attached to an aromatic ring is 1. The second kappa shape index (κ2) is 7.82. The fourth-order valence-corrected chi connectivity index (χ4v) is 4.40. The van der Waals surface area contributed by atoms with Crippen LogP contribution in [0.4, 0.5) is 5.82 Å². The van der Waals surface area contributed by atoms with Crippen molar-refractivity contribution in [3.8, 4) is 11.3 Å². The van der Waals surface area contributed by atoms with Crippen LogP contribution < -0.4 is 10.5 Å². The van der Waals surface area contributed by atoms with Gasteiger partial charge in [-0.15, -0.1) is 0 Å². The van der Waals surface area contributed by atoms with Gasteiger partial charge in [0.2, 0.25) is 10.0 Å². The molecule has 1 aromatic carbocycles. The van der Waals surface area contributed by atoms with E-state index in [9.17, 15) is 8.42 Å². The van der Waals surface area contributed by atoms with Crippen LogP contribution in [0.3, 0.4) is 0 Å². The fraction of sp³-hybridized carbons (Fsp3) is 0.263. The molecule has 0 fully saturated rings. The number of pyridine rings is 1. The number of nitrogens with two attached hydrogens (primary N) is 1. The zero-order valence-electron chi connectivity index (χ0n) is 15.6. The SMILES string of the molecule is Nc1nc2cc(-c3cc[nH]n3)ccc2c2[nH]c(CCNS(=O)(=O)CCCO)cc12. The summed E-state index contributed by atoms with van der Waals surface area (Å²) in [6.07, 6.45) is 2.47. The number of hydrogen-bond donors (Lipinski definition) is 5. The number of benzene rings is 1. The van der Waals surface area contributed by atoms with E-state index >= 15 is 0 Å². The highest BCUT2D eigenvalue weighted by Crippen LogP contribution is 2.30. The van der Waals surface area contributed by atoms with E-state index in [2.05, 4.69) is 24.9 Å². The first-order valence-corrected chi connectivity index (χ1v) is 10.9. The molecule has 3 heterocycles. The topological polar surface area (TPSA) is 150 Å². The van der Waals surface area contributed by atoms with Crippen LogP contribution in [0.5, 0.6) is 0 Å². The van der Waals surface area contributed by atoms with E-state index in [0.717, 1.165) is 38.8 Å². The van der Waals surface area contributed by atoms with Gasteiger partial charge in [0.05, 0.1) is 22.5 Å². The van der Waals surface area contributed by atoms with Gasteiger partial charge in [-0.1, -0.05) is 12.1 Å². The predicted octanol–water partition coefficient (Wildman–Crippen LogP) is 1.53. The molecule has 29 heavy (non-hydrogen) atoms. The predicted molar refractivity (Wildman–Crippen MR) is 113 cm³/mol. The van der Waals surface area contributed by atoms with Gasteiger partial charge in [-0.2, -0.15) is 5.10 Å². The molecule has 3 aromatic heterocycles. The lowest BCUT2D eigenvalue weighted by Gasteiger charge is -2.05. The van der Waals surface area contributed by atoms with Crippen LogP contribution in [-0.4, -0.2) is 52.6 Å². The van der Waals surface area contributed by atoms with E-state index in [1.54, 1.807) is 6.20 Å². The minimum Gasteiger partial charge on any atom is -0.396 e. The lowest BCUT2D eigenvalue weighted by molar-refractivity contribution is 0.295. The monoisotopic (exact) mass is 414 g/mol. The van der Waals surface area contributed by atoms with Crippen LogP contribution in [0.15, 0.2) is 36.5 Å². The largest absolute Gasteiger partial charge is 0.396 e. The number of hydrogen-bond acceptors (Lipinski definition) is 6. The van der Waals surface area contributed by atoms with Crippen molar-refractivity contribution in [1.29, 1.82) is 0 Å². The first-order chi connectivity index (χ1) is 14.0. The summed E-state index contributed by atoms with van der Waals surface area (Å²) < 4.78 is 26.2. The van der Waals surface area contributed by atoms with Gasteiger partial charge in [-0.3, -0.25) is 5.10 Å². The number of aliphatic hydroxyl groups is 1. The molecule has 10 heteroatoms. The third-order valence-electron chi connectivity index (χ3n) is 4.74. The zero-order valence-corrected chi connectivity index (χ0v) is 16.5. The summed E-state index contributed by atoms with van der Waals surface area (Å²) in [6, 6.07) is 9.69. The van der Waals surface area contributed by atoms with Crippen LogP contribution in [0, 0.1) is 0 Å². The highest BCUT2D eigenvalue weighted by Gasteiger charge is 2.13. The minimum absolute atomic E-state index is 0.0873. The van der Waals surface area contributed by atoms with Crippen LogP contribution in [0.25, 0.3) is 33.1 Å². The number of rotatable bonds is 8. The summed E-state index contributed by atoms with van der Waals surface area (Å²) in [5, 5.41) is 17.5. The average Bonchev–Trinajstić information content (AvgIpc) is 3.36. The third kappa shape index (κ3) is 4.09. The molecule has 0 atom stereocenters. The maximum Gasteiger partial charge on any atom is 0.211 e. The lowest BCUT2D eigenvalue weighted by atomic mass is 10.1. The molecular weight excluding hydrogens is 392 g/mol. The van der Waals surface area contributed by atoms with E-state index in [1.165, 1.54) is 0 Å². The number of anilines is 1. The summed E-state index contributed by atoms with van der Waals surface area (Å²) in [5.41, 5.74) is 10.4. The molecule has 0 amide bonds. The van der Waals surface area contributed by atoms with E-state index in [0.29, 0.717) is 12.2 Å². The van der Waals surface area contributed by atoms with Gasteiger partial charge in [-0.25, -0.2) is 18.1 Å². The standard InChI is InChI=1S/C19H22N6O3S/c20-19-15-11-13(4-7-22-29(27,28)9-1-8-26)23-18(15)14-3-2-12(10-17(14)24-19)16-5-6-21-25-16/h2-3,5-6,10-11,22-23,26H,1,4,7-9H2,(H2,20,24)(H,21,25). The summed E-state index contributed by atoms with van der Waals surface area (Å²) in [7, 11) is -3.38. The molecule has 9 nitrogen and oxygen atoms in total. The molecule has 152 valence electrons. The Balaban J connectivity index is 1.60. The molecule has 4 aromatic rings. The smallest absolute Gasteiger partial charge is 0.211 e. The number of nitrogens with zero attached hydrogens (tertiary/aromatic N) is 2. The Morgan fingerprint density at radius 3 is 2.79 bits per heavy atom. The van der Waals surface area contributed by atoms with E-state index < -0.39 is 10.0 Å². The second-order valence-electron chi connectivity index (χ2n) is 6.81. The van der Waals surface area contributed by atoms with Gasteiger partial charge in [-0.05, 0) is 24.6 Å². The third-order valence-corrected chi connectivity index (χ3v) is 6.21. The molecule has 0 radical (unpaired) electrons. The number of aliphatic hydroxyl groups excluding tert-OH is 1. The molecule has 6 N–H and O–H groups in total. The number of aromatic amines is 2. The molecule has 0 saturated heterocycles. The average molecular weight is 414 g/mol. The molecule has 0 unspecified atom stereocenters. The summed E-state index contributed by atoms with van der Waals surface area (Å²) in [5.74, 6) is 0.327. The highest BCUT2D eigenvalue weighted by atomic mass is 32.2. The van der Waals surface area contributed by atoms with Crippen molar-refractivity contribution >= 4 is 37.6 Å². The van der Waals surface area contributed by atoms with Crippen LogP contribution in [-0.2, 0) is 16.4 Å². The van der Waals surface area contributed by atoms with E-state index in [4.69, 9.17) is 10.8 Å².